The molecular weight excluding hydrogens is 586 g/mol. The molecule has 0 amide bonds. The SMILES string of the molecule is CCCCCCCCCCCCc1ccc(C(=O)[O-])cc1.CCCCCCCCCCCCc1ccc(C(=O)[O-])cc1.[Zn+2]. The summed E-state index contributed by atoms with van der Waals surface area (Å²) < 4.78 is 0. The molecule has 2 aromatic carbocycles. The van der Waals surface area contributed by atoms with Gasteiger partial charge in [0.1, 0.15) is 0 Å². The van der Waals surface area contributed by atoms with E-state index in [4.69, 9.17) is 0 Å². The van der Waals surface area contributed by atoms with Gasteiger partial charge in [0.05, 0.1) is 11.9 Å². The number of hydrogen-bond acceptors (Lipinski definition) is 4. The second-order valence-corrected chi connectivity index (χ2v) is 11.8. The van der Waals surface area contributed by atoms with Gasteiger partial charge in [-0.15, -0.1) is 0 Å². The number of aromatic carboxylic acids is 2. The molecule has 0 saturated carbocycles. The summed E-state index contributed by atoms with van der Waals surface area (Å²) in [4.78, 5) is 21.3. The average Bonchev–Trinajstić information content (AvgIpc) is 3.00. The van der Waals surface area contributed by atoms with Gasteiger partial charge in [-0.05, 0) is 47.9 Å². The van der Waals surface area contributed by atoms with Crippen molar-refractivity contribution in [2.75, 3.05) is 0 Å². The average molecular weight is 644 g/mol. The molecule has 0 N–H and O–H groups in total. The second kappa shape index (κ2) is 28.8. The van der Waals surface area contributed by atoms with E-state index in [9.17, 15) is 19.8 Å². The van der Waals surface area contributed by atoms with Crippen LogP contribution in [0.4, 0.5) is 0 Å². The van der Waals surface area contributed by atoms with E-state index in [1.807, 2.05) is 24.3 Å². The summed E-state index contributed by atoms with van der Waals surface area (Å²) in [6.07, 6.45) is 29.0. The Bertz CT molecular complexity index is 846. The Hall–Kier alpha value is -2.00. The fourth-order valence-electron chi connectivity index (χ4n) is 5.25. The molecule has 4 nitrogen and oxygen atoms in total. The van der Waals surface area contributed by atoms with Crippen molar-refractivity contribution < 1.29 is 39.3 Å². The Morgan fingerprint density at radius 3 is 0.884 bits per heavy atom. The number of rotatable bonds is 24. The predicted octanol–water partition coefficient (Wildman–Crippen LogP) is 9.02. The van der Waals surface area contributed by atoms with Gasteiger partial charge in [-0.3, -0.25) is 0 Å². The smallest absolute Gasteiger partial charge is 0.545 e. The third-order valence-corrected chi connectivity index (χ3v) is 8.02. The van der Waals surface area contributed by atoms with Crippen LogP contribution in [0.15, 0.2) is 48.5 Å². The van der Waals surface area contributed by atoms with Crippen LogP contribution in [0, 0.1) is 0 Å². The first-order chi connectivity index (χ1) is 20.5. The first kappa shape index (κ1) is 41.0. The number of hydrogen-bond donors (Lipinski definition) is 0. The van der Waals surface area contributed by atoms with Crippen LogP contribution in [0.25, 0.3) is 0 Å². The number of carbonyl (C=O) groups excluding carboxylic acids is 2. The quantitative estimate of drug-likeness (QED) is 0.0844. The van der Waals surface area contributed by atoms with E-state index in [0.717, 1.165) is 12.8 Å². The Balaban J connectivity index is 0.000000802. The molecule has 0 aliphatic rings. The molecule has 0 aliphatic heterocycles. The number of carboxylic acids is 2. The molecule has 236 valence electrons. The second-order valence-electron chi connectivity index (χ2n) is 11.8. The fraction of sp³-hybridized carbons (Fsp3) is 0.632. The molecule has 0 heterocycles. The Labute approximate surface area is 276 Å². The van der Waals surface area contributed by atoms with Crippen molar-refractivity contribution in [3.63, 3.8) is 0 Å². The van der Waals surface area contributed by atoms with Crippen molar-refractivity contribution in [2.24, 2.45) is 0 Å². The van der Waals surface area contributed by atoms with Crippen molar-refractivity contribution in [2.45, 2.75) is 155 Å². The number of unbranched alkanes of at least 4 members (excludes halogenated alkanes) is 18. The first-order valence-corrected chi connectivity index (χ1v) is 17.1. The summed E-state index contributed by atoms with van der Waals surface area (Å²) in [7, 11) is 0. The molecule has 0 aliphatic carbocycles. The molecular formula is C38H58O4Zn. The van der Waals surface area contributed by atoms with Gasteiger partial charge < -0.3 is 19.8 Å². The third-order valence-electron chi connectivity index (χ3n) is 8.02. The molecule has 0 fully saturated rings. The fourth-order valence-corrected chi connectivity index (χ4v) is 5.25. The summed E-state index contributed by atoms with van der Waals surface area (Å²) in [6.45, 7) is 4.51. The Morgan fingerprint density at radius 2 is 0.651 bits per heavy atom. The van der Waals surface area contributed by atoms with E-state index in [1.54, 1.807) is 24.3 Å². The van der Waals surface area contributed by atoms with Gasteiger partial charge in [0, 0.05) is 0 Å². The van der Waals surface area contributed by atoms with E-state index >= 15 is 0 Å². The molecule has 0 unspecified atom stereocenters. The Morgan fingerprint density at radius 1 is 0.419 bits per heavy atom. The molecule has 0 radical (unpaired) electrons. The molecule has 0 aromatic heterocycles. The largest absolute Gasteiger partial charge is 2.00 e. The summed E-state index contributed by atoms with van der Waals surface area (Å²) in [6, 6.07) is 14.2. The number of aryl methyl sites for hydroxylation is 2. The minimum Gasteiger partial charge on any atom is -0.545 e. The first-order valence-electron chi connectivity index (χ1n) is 17.1. The van der Waals surface area contributed by atoms with Crippen molar-refractivity contribution in [3.8, 4) is 0 Å². The van der Waals surface area contributed by atoms with Crippen molar-refractivity contribution in [1.82, 2.24) is 0 Å². The van der Waals surface area contributed by atoms with E-state index in [1.165, 1.54) is 140 Å². The summed E-state index contributed by atoms with van der Waals surface area (Å²) >= 11 is 0. The zero-order valence-corrected chi connectivity index (χ0v) is 30.5. The predicted molar refractivity (Wildman–Crippen MR) is 173 cm³/mol. The normalized spacial score (nSPS) is 10.5. The van der Waals surface area contributed by atoms with E-state index < -0.39 is 11.9 Å². The number of carbonyl (C=O) groups is 2. The molecule has 0 spiro atoms. The minimum atomic E-state index is -1.10. The van der Waals surface area contributed by atoms with Crippen LogP contribution in [-0.4, -0.2) is 11.9 Å². The van der Waals surface area contributed by atoms with Crippen LogP contribution < -0.4 is 10.2 Å². The zero-order chi connectivity index (χ0) is 30.7. The number of carboxylic acid groups (broad SMARTS) is 2. The minimum absolute atomic E-state index is 0. The molecule has 2 rings (SSSR count). The van der Waals surface area contributed by atoms with Crippen LogP contribution in [0.3, 0.4) is 0 Å². The van der Waals surface area contributed by atoms with Crippen molar-refractivity contribution in [3.05, 3.63) is 70.8 Å². The Kier molecular flexibility index (Phi) is 27.4. The van der Waals surface area contributed by atoms with Gasteiger partial charge in [-0.1, -0.05) is 178 Å². The molecule has 43 heavy (non-hydrogen) atoms. The van der Waals surface area contributed by atoms with Crippen LogP contribution in [0.2, 0.25) is 0 Å². The third kappa shape index (κ3) is 23.1. The van der Waals surface area contributed by atoms with Gasteiger partial charge in [0.2, 0.25) is 0 Å². The van der Waals surface area contributed by atoms with E-state index in [-0.39, 0.29) is 30.6 Å². The monoisotopic (exact) mass is 642 g/mol. The van der Waals surface area contributed by atoms with Crippen LogP contribution >= 0.6 is 0 Å². The van der Waals surface area contributed by atoms with Crippen LogP contribution in [0.5, 0.6) is 0 Å². The maximum absolute atomic E-state index is 10.6. The van der Waals surface area contributed by atoms with Gasteiger partial charge in [-0.2, -0.15) is 0 Å². The standard InChI is InChI=1S/2C19H30O2.Zn/c2*1-2-3-4-5-6-7-8-9-10-11-12-17-13-15-18(16-14-17)19(20)21;/h2*13-16H,2-12H2,1H3,(H,20,21);/q;;+2/p-2. The maximum Gasteiger partial charge on any atom is 2.00 e. The van der Waals surface area contributed by atoms with Crippen LogP contribution in [-0.2, 0) is 32.3 Å². The van der Waals surface area contributed by atoms with Gasteiger partial charge in [0.15, 0.2) is 0 Å². The van der Waals surface area contributed by atoms with E-state index in [0.29, 0.717) is 0 Å². The summed E-state index contributed by atoms with van der Waals surface area (Å²) in [5, 5.41) is 21.3. The molecule has 0 atom stereocenters. The van der Waals surface area contributed by atoms with Crippen LogP contribution in [0.1, 0.15) is 174 Å². The van der Waals surface area contributed by atoms with Crippen molar-refractivity contribution in [1.29, 1.82) is 0 Å². The maximum atomic E-state index is 10.6. The van der Waals surface area contributed by atoms with Gasteiger partial charge in [0.25, 0.3) is 0 Å². The van der Waals surface area contributed by atoms with Gasteiger partial charge >= 0.3 is 19.5 Å². The summed E-state index contributed by atoms with van der Waals surface area (Å²) in [5.41, 5.74) is 2.97. The molecule has 2 aromatic rings. The van der Waals surface area contributed by atoms with Crippen molar-refractivity contribution >= 4 is 11.9 Å². The van der Waals surface area contributed by atoms with E-state index in [2.05, 4.69) is 13.8 Å². The van der Waals surface area contributed by atoms with Gasteiger partial charge in [-0.25, -0.2) is 0 Å². The zero-order valence-electron chi connectivity index (χ0n) is 27.5. The topological polar surface area (TPSA) is 80.3 Å². The molecule has 5 heteroatoms. The molecule has 0 bridgehead atoms. The summed E-state index contributed by atoms with van der Waals surface area (Å²) in [5.74, 6) is -2.19. The number of benzene rings is 2. The molecule has 0 saturated heterocycles.